The van der Waals surface area contributed by atoms with Crippen LogP contribution in [0.15, 0.2) is 0 Å². The summed E-state index contributed by atoms with van der Waals surface area (Å²) in [5, 5.41) is 0. The van der Waals surface area contributed by atoms with Gasteiger partial charge in [-0.25, -0.2) is 0 Å². The lowest BCUT2D eigenvalue weighted by molar-refractivity contribution is -0.130. The summed E-state index contributed by atoms with van der Waals surface area (Å²) >= 11 is 0. The van der Waals surface area contributed by atoms with Crippen LogP contribution < -0.4 is 5.73 Å². The van der Waals surface area contributed by atoms with Gasteiger partial charge in [-0.15, -0.1) is 0 Å². The highest BCUT2D eigenvalue weighted by Gasteiger charge is 2.46. The monoisotopic (exact) mass is 242 g/mol. The molecule has 1 unspecified atom stereocenters. The van der Waals surface area contributed by atoms with Crippen LogP contribution in [0, 0.1) is 0 Å². The predicted molar refractivity (Wildman–Crippen MR) is 73.2 cm³/mol. The van der Waals surface area contributed by atoms with Crippen LogP contribution in [0.3, 0.4) is 0 Å². The number of nitrogens with two attached hydrogens (primary N) is 1. The van der Waals surface area contributed by atoms with Crippen LogP contribution in [0.4, 0.5) is 0 Å². The number of ether oxygens (including phenoxy) is 1. The van der Waals surface area contributed by atoms with E-state index in [-0.39, 0.29) is 16.7 Å². The first kappa shape index (κ1) is 14.9. The first-order valence-electron chi connectivity index (χ1n) is 6.77. The zero-order chi connectivity index (χ0) is 13.3. The predicted octanol–water partition coefficient (Wildman–Crippen LogP) is 2.39. The first-order valence-corrected chi connectivity index (χ1v) is 6.77. The van der Waals surface area contributed by atoms with Crippen molar-refractivity contribution in [1.29, 1.82) is 0 Å². The molecule has 0 aliphatic carbocycles. The van der Waals surface area contributed by atoms with Crippen LogP contribution in [0.1, 0.15) is 53.9 Å². The smallest absolute Gasteiger partial charge is 0.0644 e. The highest BCUT2D eigenvalue weighted by atomic mass is 16.5. The Bertz CT molecular complexity index is 263. The van der Waals surface area contributed by atoms with Gasteiger partial charge in [0.2, 0.25) is 0 Å². The van der Waals surface area contributed by atoms with Crippen LogP contribution in [0.5, 0.6) is 0 Å². The Kier molecular flexibility index (Phi) is 4.28. The zero-order valence-electron chi connectivity index (χ0n) is 12.5. The first-order chi connectivity index (χ1) is 7.69. The van der Waals surface area contributed by atoms with Crippen LogP contribution in [-0.4, -0.2) is 41.8 Å². The molecule has 0 bridgehead atoms. The van der Waals surface area contributed by atoms with Crippen LogP contribution >= 0.6 is 0 Å². The molecule has 0 amide bonds. The zero-order valence-corrected chi connectivity index (χ0v) is 12.5. The average molecular weight is 242 g/mol. The highest BCUT2D eigenvalue weighted by Crippen LogP contribution is 2.39. The Morgan fingerprint density at radius 2 is 1.94 bits per heavy atom. The molecular weight excluding hydrogens is 212 g/mol. The van der Waals surface area contributed by atoms with Gasteiger partial charge in [-0.05, 0) is 54.0 Å². The Morgan fingerprint density at radius 1 is 1.35 bits per heavy atom. The van der Waals surface area contributed by atoms with Crippen molar-refractivity contribution in [1.82, 2.24) is 4.90 Å². The van der Waals surface area contributed by atoms with Crippen molar-refractivity contribution in [3.05, 3.63) is 0 Å². The Hall–Kier alpha value is -0.120. The minimum Gasteiger partial charge on any atom is -0.375 e. The largest absolute Gasteiger partial charge is 0.375 e. The van der Waals surface area contributed by atoms with Crippen molar-refractivity contribution < 1.29 is 4.74 Å². The van der Waals surface area contributed by atoms with Gasteiger partial charge in [0.1, 0.15) is 0 Å². The van der Waals surface area contributed by atoms with Crippen molar-refractivity contribution >= 4 is 0 Å². The Balaban J connectivity index is 2.95. The van der Waals surface area contributed by atoms with Gasteiger partial charge in [-0.2, -0.15) is 0 Å². The maximum atomic E-state index is 6.11. The fraction of sp³-hybridized carbons (Fsp3) is 1.00. The van der Waals surface area contributed by atoms with Crippen molar-refractivity contribution in [3.63, 3.8) is 0 Å². The molecular formula is C14H30N2O. The van der Waals surface area contributed by atoms with E-state index in [1.54, 1.807) is 0 Å². The standard InChI is InChI=1S/C14H30N2O/c1-7-12(2,3)16(6)14(11-15)8-9-17-13(4,5)10-14/h7-11,15H2,1-6H3. The molecule has 1 atom stereocenters. The highest BCUT2D eigenvalue weighted by molar-refractivity contribution is 5.02. The summed E-state index contributed by atoms with van der Waals surface area (Å²) in [6.07, 6.45) is 3.18. The molecule has 102 valence electrons. The molecule has 0 saturated carbocycles. The summed E-state index contributed by atoms with van der Waals surface area (Å²) in [4.78, 5) is 2.49. The number of rotatable bonds is 4. The fourth-order valence-corrected chi connectivity index (χ4v) is 2.93. The minimum absolute atomic E-state index is 0.0598. The molecule has 0 radical (unpaired) electrons. The molecule has 1 rings (SSSR count). The van der Waals surface area contributed by atoms with E-state index in [4.69, 9.17) is 10.5 Å². The van der Waals surface area contributed by atoms with Gasteiger partial charge >= 0.3 is 0 Å². The summed E-state index contributed by atoms with van der Waals surface area (Å²) in [5.74, 6) is 0. The Morgan fingerprint density at radius 3 is 2.35 bits per heavy atom. The third-order valence-electron chi connectivity index (χ3n) is 4.68. The second kappa shape index (κ2) is 4.87. The van der Waals surface area contributed by atoms with Crippen molar-refractivity contribution in [2.45, 2.75) is 70.6 Å². The topological polar surface area (TPSA) is 38.5 Å². The van der Waals surface area contributed by atoms with Crippen molar-refractivity contribution in [2.24, 2.45) is 5.73 Å². The molecule has 17 heavy (non-hydrogen) atoms. The molecule has 2 N–H and O–H groups in total. The fourth-order valence-electron chi connectivity index (χ4n) is 2.93. The maximum absolute atomic E-state index is 6.11. The molecule has 0 aromatic carbocycles. The quantitative estimate of drug-likeness (QED) is 0.822. The SMILES string of the molecule is CCC(C)(C)N(C)C1(CN)CCOC(C)(C)C1. The molecule has 1 heterocycles. The molecule has 1 saturated heterocycles. The van der Waals surface area contributed by atoms with E-state index >= 15 is 0 Å². The number of nitrogens with zero attached hydrogens (tertiary/aromatic N) is 1. The van der Waals surface area contributed by atoms with E-state index < -0.39 is 0 Å². The lowest BCUT2D eigenvalue weighted by Crippen LogP contribution is -2.64. The minimum atomic E-state index is -0.0598. The summed E-state index contributed by atoms with van der Waals surface area (Å²) in [5.41, 5.74) is 6.33. The molecule has 3 heteroatoms. The molecule has 3 nitrogen and oxygen atoms in total. The van der Waals surface area contributed by atoms with E-state index in [1.807, 2.05) is 0 Å². The molecule has 0 spiro atoms. The van der Waals surface area contributed by atoms with Crippen molar-refractivity contribution in [2.75, 3.05) is 20.2 Å². The summed E-state index contributed by atoms with van der Waals surface area (Å²) in [7, 11) is 2.22. The van der Waals surface area contributed by atoms with Gasteiger partial charge in [-0.3, -0.25) is 4.90 Å². The van der Waals surface area contributed by atoms with Gasteiger partial charge in [0, 0.05) is 24.2 Å². The van der Waals surface area contributed by atoms with E-state index in [9.17, 15) is 0 Å². The second-order valence-electron chi connectivity index (χ2n) is 6.69. The van der Waals surface area contributed by atoms with Gasteiger partial charge in [0.15, 0.2) is 0 Å². The van der Waals surface area contributed by atoms with Crippen LogP contribution in [0.25, 0.3) is 0 Å². The normalized spacial score (nSPS) is 29.6. The lowest BCUT2D eigenvalue weighted by atomic mass is 9.77. The van der Waals surface area contributed by atoms with Gasteiger partial charge in [-0.1, -0.05) is 6.92 Å². The average Bonchev–Trinajstić information content (AvgIpc) is 2.26. The number of hydrogen-bond donors (Lipinski definition) is 1. The number of likely N-dealkylation sites (N-methyl/N-ethyl adjacent to an activating group) is 1. The number of hydrogen-bond acceptors (Lipinski definition) is 3. The third-order valence-corrected chi connectivity index (χ3v) is 4.68. The molecule has 0 aromatic rings. The van der Waals surface area contributed by atoms with E-state index in [0.717, 1.165) is 25.9 Å². The summed E-state index contributed by atoms with van der Waals surface area (Å²) in [6, 6.07) is 0. The van der Waals surface area contributed by atoms with E-state index in [2.05, 4.69) is 46.6 Å². The second-order valence-corrected chi connectivity index (χ2v) is 6.69. The van der Waals surface area contributed by atoms with E-state index in [1.165, 1.54) is 0 Å². The molecule has 1 aliphatic rings. The lowest BCUT2D eigenvalue weighted by Gasteiger charge is -2.54. The van der Waals surface area contributed by atoms with Crippen molar-refractivity contribution in [3.8, 4) is 0 Å². The summed E-state index contributed by atoms with van der Waals surface area (Å²) < 4.78 is 5.84. The molecule has 0 aromatic heterocycles. The summed E-state index contributed by atoms with van der Waals surface area (Å²) in [6.45, 7) is 12.7. The molecule has 1 aliphatic heterocycles. The maximum Gasteiger partial charge on any atom is 0.0644 e. The van der Waals surface area contributed by atoms with Gasteiger partial charge in [0.25, 0.3) is 0 Å². The van der Waals surface area contributed by atoms with Gasteiger partial charge < -0.3 is 10.5 Å². The van der Waals surface area contributed by atoms with Crippen LogP contribution in [0.2, 0.25) is 0 Å². The van der Waals surface area contributed by atoms with Crippen LogP contribution in [-0.2, 0) is 4.74 Å². The van der Waals surface area contributed by atoms with Gasteiger partial charge in [0.05, 0.1) is 5.60 Å². The third kappa shape index (κ3) is 3.01. The van der Waals surface area contributed by atoms with E-state index in [0.29, 0.717) is 6.54 Å². The molecule has 1 fully saturated rings. The Labute approximate surface area is 107 Å².